The minimum absolute atomic E-state index is 0.106. The molecule has 0 N–H and O–H groups in total. The maximum atomic E-state index is 9.56. The minimum atomic E-state index is 0.106. The summed E-state index contributed by atoms with van der Waals surface area (Å²) in [6, 6.07) is 16.2. The SMILES string of the molecule is CC1CC(C)(C)N(C)c2cc(Cl)c(/C=C(/C#N)c3ccccc3)cc21. The molecule has 0 fully saturated rings. The molecule has 3 heteroatoms. The molecule has 2 aromatic carbocycles. The molecule has 0 radical (unpaired) electrons. The molecule has 0 aliphatic carbocycles. The predicted octanol–water partition coefficient (Wildman–Crippen LogP) is 6.13. The Balaban J connectivity index is 2.10. The molecule has 0 aromatic heterocycles. The molecule has 25 heavy (non-hydrogen) atoms. The van der Waals surface area contributed by atoms with Crippen molar-refractivity contribution >= 4 is 28.9 Å². The zero-order valence-electron chi connectivity index (χ0n) is 15.2. The fourth-order valence-corrected chi connectivity index (χ4v) is 3.88. The van der Waals surface area contributed by atoms with Gasteiger partial charge < -0.3 is 4.90 Å². The smallest absolute Gasteiger partial charge is 0.0998 e. The van der Waals surface area contributed by atoms with Gasteiger partial charge in [0.05, 0.1) is 11.6 Å². The van der Waals surface area contributed by atoms with Crippen molar-refractivity contribution < 1.29 is 0 Å². The van der Waals surface area contributed by atoms with E-state index in [4.69, 9.17) is 11.6 Å². The first-order chi connectivity index (χ1) is 11.8. The number of hydrogen-bond acceptors (Lipinski definition) is 2. The van der Waals surface area contributed by atoms with Gasteiger partial charge in [-0.2, -0.15) is 5.26 Å². The normalized spacial score (nSPS) is 19.3. The molecule has 1 atom stereocenters. The van der Waals surface area contributed by atoms with Crippen molar-refractivity contribution in [3.8, 4) is 6.07 Å². The quantitative estimate of drug-likeness (QED) is 0.481. The average molecular weight is 351 g/mol. The van der Waals surface area contributed by atoms with Crippen molar-refractivity contribution in [2.45, 2.75) is 38.6 Å². The zero-order chi connectivity index (χ0) is 18.2. The third-order valence-corrected chi connectivity index (χ3v) is 5.58. The van der Waals surface area contributed by atoms with E-state index in [0.717, 1.165) is 17.5 Å². The Morgan fingerprint density at radius 2 is 1.96 bits per heavy atom. The van der Waals surface area contributed by atoms with Gasteiger partial charge in [-0.1, -0.05) is 48.9 Å². The highest BCUT2D eigenvalue weighted by atomic mass is 35.5. The molecule has 0 saturated heterocycles. The summed E-state index contributed by atoms with van der Waals surface area (Å²) in [6.07, 6.45) is 2.98. The van der Waals surface area contributed by atoms with Crippen LogP contribution in [0.4, 0.5) is 5.69 Å². The van der Waals surface area contributed by atoms with Crippen molar-refractivity contribution in [3.63, 3.8) is 0 Å². The number of rotatable bonds is 2. The molecule has 1 heterocycles. The lowest BCUT2D eigenvalue weighted by molar-refractivity contribution is 0.395. The van der Waals surface area contributed by atoms with Crippen LogP contribution in [0, 0.1) is 11.3 Å². The van der Waals surface area contributed by atoms with Gasteiger partial charge in [-0.05, 0) is 61.1 Å². The lowest BCUT2D eigenvalue weighted by Gasteiger charge is -2.45. The van der Waals surface area contributed by atoms with E-state index in [-0.39, 0.29) is 5.54 Å². The zero-order valence-corrected chi connectivity index (χ0v) is 15.9. The van der Waals surface area contributed by atoms with E-state index in [1.54, 1.807) is 0 Å². The average Bonchev–Trinajstić information content (AvgIpc) is 2.59. The van der Waals surface area contributed by atoms with Crippen molar-refractivity contribution in [3.05, 3.63) is 64.2 Å². The molecule has 1 aliphatic heterocycles. The summed E-state index contributed by atoms with van der Waals surface area (Å²) in [4.78, 5) is 2.31. The van der Waals surface area contributed by atoms with Crippen LogP contribution in [0.5, 0.6) is 0 Å². The number of nitrogens with zero attached hydrogens (tertiary/aromatic N) is 2. The van der Waals surface area contributed by atoms with Crippen LogP contribution in [0.1, 0.15) is 49.8 Å². The van der Waals surface area contributed by atoms with Crippen LogP contribution in [0.3, 0.4) is 0 Å². The maximum absolute atomic E-state index is 9.56. The van der Waals surface area contributed by atoms with Crippen LogP contribution < -0.4 is 4.90 Å². The van der Waals surface area contributed by atoms with Gasteiger partial charge in [-0.3, -0.25) is 0 Å². The van der Waals surface area contributed by atoms with Crippen molar-refractivity contribution in [1.82, 2.24) is 0 Å². The number of halogens is 1. The Hall–Kier alpha value is -2.24. The van der Waals surface area contributed by atoms with Gasteiger partial charge in [0.15, 0.2) is 0 Å². The van der Waals surface area contributed by atoms with E-state index >= 15 is 0 Å². The van der Waals surface area contributed by atoms with E-state index in [0.29, 0.717) is 16.5 Å². The Kier molecular flexibility index (Phi) is 4.62. The first-order valence-corrected chi connectivity index (χ1v) is 8.96. The highest BCUT2D eigenvalue weighted by Gasteiger charge is 2.34. The van der Waals surface area contributed by atoms with Gasteiger partial charge in [0.1, 0.15) is 0 Å². The van der Waals surface area contributed by atoms with Crippen LogP contribution in [-0.2, 0) is 0 Å². The van der Waals surface area contributed by atoms with Crippen LogP contribution in [0.15, 0.2) is 42.5 Å². The Morgan fingerprint density at radius 1 is 1.28 bits per heavy atom. The van der Waals surface area contributed by atoms with Gasteiger partial charge in [0, 0.05) is 23.3 Å². The Morgan fingerprint density at radius 3 is 2.60 bits per heavy atom. The van der Waals surface area contributed by atoms with Gasteiger partial charge in [0.2, 0.25) is 0 Å². The lowest BCUT2D eigenvalue weighted by atomic mass is 9.80. The number of allylic oxidation sites excluding steroid dienone is 1. The molecule has 128 valence electrons. The number of anilines is 1. The first kappa shape index (κ1) is 17.6. The van der Waals surface area contributed by atoms with E-state index in [1.165, 1.54) is 11.3 Å². The molecule has 2 nitrogen and oxygen atoms in total. The summed E-state index contributed by atoms with van der Waals surface area (Å²) in [5.41, 5.74) is 5.02. The van der Waals surface area contributed by atoms with Crippen molar-refractivity contribution in [2.75, 3.05) is 11.9 Å². The van der Waals surface area contributed by atoms with Crippen LogP contribution in [-0.4, -0.2) is 12.6 Å². The molecular weight excluding hydrogens is 328 g/mol. The van der Waals surface area contributed by atoms with Crippen LogP contribution in [0.25, 0.3) is 11.6 Å². The second kappa shape index (κ2) is 6.58. The van der Waals surface area contributed by atoms with Crippen LogP contribution in [0.2, 0.25) is 5.02 Å². The molecular formula is C22H23ClN2. The topological polar surface area (TPSA) is 27.0 Å². The van der Waals surface area contributed by atoms with Crippen molar-refractivity contribution in [2.24, 2.45) is 0 Å². The molecule has 0 amide bonds. The van der Waals surface area contributed by atoms with Gasteiger partial charge >= 0.3 is 0 Å². The standard InChI is InChI=1S/C22H23ClN2/c1-15-13-22(2,3)25(4)21-12-20(23)17(11-19(15)21)10-18(14-24)16-8-6-5-7-9-16/h5-12,15H,13H2,1-4H3/b18-10-. The Bertz CT molecular complexity index is 860. The highest BCUT2D eigenvalue weighted by Crippen LogP contribution is 2.44. The number of hydrogen-bond donors (Lipinski definition) is 0. The summed E-state index contributed by atoms with van der Waals surface area (Å²) in [5, 5.41) is 10.2. The summed E-state index contributed by atoms with van der Waals surface area (Å²) in [7, 11) is 2.13. The number of fused-ring (bicyclic) bond motifs is 1. The predicted molar refractivity (Wildman–Crippen MR) is 107 cm³/mol. The molecule has 2 aromatic rings. The summed E-state index contributed by atoms with van der Waals surface area (Å²) < 4.78 is 0. The second-order valence-corrected chi connectivity index (χ2v) is 7.85. The summed E-state index contributed by atoms with van der Waals surface area (Å²) in [5.74, 6) is 0.452. The first-order valence-electron chi connectivity index (χ1n) is 8.58. The second-order valence-electron chi connectivity index (χ2n) is 7.45. The van der Waals surface area contributed by atoms with Gasteiger partial charge in [-0.25, -0.2) is 0 Å². The van der Waals surface area contributed by atoms with E-state index in [2.05, 4.69) is 44.9 Å². The lowest BCUT2D eigenvalue weighted by Crippen LogP contribution is -2.45. The summed E-state index contributed by atoms with van der Waals surface area (Å²) >= 11 is 6.58. The van der Waals surface area contributed by atoms with Gasteiger partial charge in [0.25, 0.3) is 0 Å². The summed E-state index contributed by atoms with van der Waals surface area (Å²) in [6.45, 7) is 6.78. The van der Waals surface area contributed by atoms with E-state index in [9.17, 15) is 5.26 Å². The molecule has 3 rings (SSSR count). The largest absolute Gasteiger partial charge is 0.369 e. The molecule has 1 unspecified atom stereocenters. The monoisotopic (exact) mass is 350 g/mol. The van der Waals surface area contributed by atoms with Crippen LogP contribution >= 0.6 is 11.6 Å². The van der Waals surface area contributed by atoms with Crippen molar-refractivity contribution in [1.29, 1.82) is 5.26 Å². The molecule has 0 saturated carbocycles. The molecule has 1 aliphatic rings. The minimum Gasteiger partial charge on any atom is -0.369 e. The molecule has 0 bridgehead atoms. The number of nitriles is 1. The number of benzene rings is 2. The highest BCUT2D eigenvalue weighted by molar-refractivity contribution is 6.32. The fourth-order valence-electron chi connectivity index (χ4n) is 3.67. The Labute approximate surface area is 155 Å². The van der Waals surface area contributed by atoms with E-state index < -0.39 is 0 Å². The van der Waals surface area contributed by atoms with E-state index in [1.807, 2.05) is 42.5 Å². The third-order valence-electron chi connectivity index (χ3n) is 5.26. The maximum Gasteiger partial charge on any atom is 0.0998 e. The fraction of sp³-hybridized carbons (Fsp3) is 0.318. The third kappa shape index (κ3) is 3.30. The molecule has 0 spiro atoms. The van der Waals surface area contributed by atoms with Gasteiger partial charge in [-0.15, -0.1) is 0 Å².